The molecule has 2 aromatic rings. The van der Waals surface area contributed by atoms with Crippen molar-refractivity contribution in [3.8, 4) is 0 Å². The Bertz CT molecular complexity index is 1170. The molecule has 1 amide bonds. The highest BCUT2D eigenvalue weighted by Gasteiger charge is 2.44. The summed E-state index contributed by atoms with van der Waals surface area (Å²) in [5.41, 5.74) is 1.92. The Hall–Kier alpha value is -3.72. The monoisotopic (exact) mass is 438 g/mol. The highest BCUT2D eigenvalue weighted by Crippen LogP contribution is 2.47. The van der Waals surface area contributed by atoms with Gasteiger partial charge in [-0.1, -0.05) is 24.8 Å². The van der Waals surface area contributed by atoms with Gasteiger partial charge in [-0.05, 0) is 35.7 Å². The number of rotatable bonds is 7. The van der Waals surface area contributed by atoms with Gasteiger partial charge in [-0.15, -0.1) is 0 Å². The minimum atomic E-state index is -1.55. The fourth-order valence-corrected chi connectivity index (χ4v) is 4.77. The van der Waals surface area contributed by atoms with E-state index in [4.69, 9.17) is 4.74 Å². The van der Waals surface area contributed by atoms with Crippen molar-refractivity contribution < 1.29 is 29.3 Å². The summed E-state index contributed by atoms with van der Waals surface area (Å²) in [5, 5.41) is 19.2. The van der Waals surface area contributed by atoms with Crippen molar-refractivity contribution in [1.82, 2.24) is 4.57 Å². The molecule has 166 valence electrons. The van der Waals surface area contributed by atoms with Crippen LogP contribution in [0.2, 0.25) is 0 Å². The molecule has 0 spiro atoms. The highest BCUT2D eigenvalue weighted by atomic mass is 16.5. The number of benzene rings is 1. The van der Waals surface area contributed by atoms with Crippen LogP contribution in [0.25, 0.3) is 0 Å². The van der Waals surface area contributed by atoms with E-state index in [2.05, 4.69) is 6.58 Å². The van der Waals surface area contributed by atoms with Gasteiger partial charge in [0.25, 0.3) is 5.56 Å². The van der Waals surface area contributed by atoms with E-state index >= 15 is 0 Å². The molecule has 9 nitrogen and oxygen atoms in total. The molecule has 0 saturated carbocycles. The molecule has 2 aliphatic rings. The third-order valence-electron chi connectivity index (χ3n) is 6.11. The van der Waals surface area contributed by atoms with E-state index in [9.17, 15) is 29.4 Å². The molecule has 1 aromatic heterocycles. The van der Waals surface area contributed by atoms with Crippen molar-refractivity contribution in [2.45, 2.75) is 31.5 Å². The highest BCUT2D eigenvalue weighted by molar-refractivity contribution is 6.01. The molecule has 4 rings (SSSR count). The van der Waals surface area contributed by atoms with Crippen molar-refractivity contribution in [2.75, 3.05) is 11.5 Å². The van der Waals surface area contributed by atoms with Crippen LogP contribution < -0.4 is 10.5 Å². The summed E-state index contributed by atoms with van der Waals surface area (Å²) in [7, 11) is 0. The first-order chi connectivity index (χ1) is 15.4. The Labute approximate surface area is 183 Å². The minimum absolute atomic E-state index is 0.117. The molecule has 32 heavy (non-hydrogen) atoms. The first kappa shape index (κ1) is 21.5. The molecule has 3 unspecified atom stereocenters. The second-order valence-electron chi connectivity index (χ2n) is 7.81. The third kappa shape index (κ3) is 3.31. The molecule has 0 saturated heterocycles. The summed E-state index contributed by atoms with van der Waals surface area (Å²) >= 11 is 0. The number of amides is 1. The number of ether oxygens (including phenoxy) is 1. The van der Waals surface area contributed by atoms with Gasteiger partial charge in [0.15, 0.2) is 5.92 Å². The molecule has 0 fully saturated rings. The predicted molar refractivity (Wildman–Crippen MR) is 113 cm³/mol. The quantitative estimate of drug-likeness (QED) is 0.287. The molecule has 9 heteroatoms. The van der Waals surface area contributed by atoms with Crippen LogP contribution >= 0.6 is 0 Å². The zero-order valence-corrected chi connectivity index (χ0v) is 17.1. The maximum atomic E-state index is 12.7. The average Bonchev–Trinajstić information content (AvgIpc) is 3.15. The predicted octanol–water partition coefficient (Wildman–Crippen LogP) is 1.13. The van der Waals surface area contributed by atoms with E-state index in [1.165, 1.54) is 11.0 Å². The van der Waals surface area contributed by atoms with Crippen molar-refractivity contribution in [3.63, 3.8) is 0 Å². The van der Waals surface area contributed by atoms with Crippen LogP contribution in [0, 0.1) is 5.92 Å². The first-order valence-electron chi connectivity index (χ1n) is 10.1. The molecule has 3 heterocycles. The minimum Gasteiger partial charge on any atom is -0.480 e. The fourth-order valence-electron chi connectivity index (χ4n) is 4.77. The Kier molecular flexibility index (Phi) is 5.67. The van der Waals surface area contributed by atoms with E-state index in [-0.39, 0.29) is 35.8 Å². The van der Waals surface area contributed by atoms with Gasteiger partial charge in [0.2, 0.25) is 6.41 Å². The van der Waals surface area contributed by atoms with Crippen molar-refractivity contribution in [2.24, 2.45) is 5.92 Å². The molecule has 2 aliphatic heterocycles. The van der Waals surface area contributed by atoms with Crippen molar-refractivity contribution >= 4 is 24.0 Å². The van der Waals surface area contributed by atoms with Crippen molar-refractivity contribution in [3.05, 3.63) is 75.7 Å². The number of carboxylic acid groups (broad SMARTS) is 1. The zero-order chi connectivity index (χ0) is 23.0. The Morgan fingerprint density at radius 3 is 2.72 bits per heavy atom. The lowest BCUT2D eigenvalue weighted by molar-refractivity contribution is -0.153. The number of aliphatic carboxylic acids is 1. The molecule has 0 radical (unpaired) electrons. The maximum Gasteiger partial charge on any atom is 0.325 e. The fraction of sp³-hybridized carbons (Fsp3) is 0.304. The third-order valence-corrected chi connectivity index (χ3v) is 6.11. The number of anilines is 1. The summed E-state index contributed by atoms with van der Waals surface area (Å²) in [6.45, 7) is 3.27. The molecule has 0 aliphatic carbocycles. The normalized spacial score (nSPS) is 19.3. The zero-order valence-electron chi connectivity index (χ0n) is 17.1. The van der Waals surface area contributed by atoms with E-state index in [0.717, 1.165) is 0 Å². The van der Waals surface area contributed by atoms with E-state index in [1.807, 2.05) is 0 Å². The van der Waals surface area contributed by atoms with Crippen LogP contribution in [0.4, 0.5) is 5.69 Å². The number of fused-ring (bicyclic) bond motifs is 4. The summed E-state index contributed by atoms with van der Waals surface area (Å²) < 4.78 is 6.55. The lowest BCUT2D eigenvalue weighted by Crippen LogP contribution is -2.37. The van der Waals surface area contributed by atoms with Gasteiger partial charge in [0, 0.05) is 29.4 Å². The van der Waals surface area contributed by atoms with Gasteiger partial charge in [0.05, 0.1) is 12.6 Å². The van der Waals surface area contributed by atoms with E-state index < -0.39 is 23.9 Å². The summed E-state index contributed by atoms with van der Waals surface area (Å²) in [6.07, 6.45) is 2.38. The van der Waals surface area contributed by atoms with Crippen LogP contribution in [0.15, 0.2) is 47.8 Å². The second-order valence-corrected chi connectivity index (χ2v) is 7.81. The first-order valence-corrected chi connectivity index (χ1v) is 10.1. The van der Waals surface area contributed by atoms with Crippen LogP contribution in [-0.2, 0) is 38.7 Å². The lowest BCUT2D eigenvalue weighted by atomic mass is 9.81. The number of aliphatic hydroxyl groups is 1. The molecule has 2 N–H and O–H groups in total. The van der Waals surface area contributed by atoms with Gasteiger partial charge >= 0.3 is 11.9 Å². The number of aliphatic hydroxyl groups excluding tert-OH is 1. The van der Waals surface area contributed by atoms with Gasteiger partial charge in [-0.25, -0.2) is 0 Å². The van der Waals surface area contributed by atoms with Gasteiger partial charge in [-0.2, -0.15) is 0 Å². The number of esters is 1. The standard InChI is InChI=1S/C23H22N2O7/c1-2-8-32-23(31)19(22(29)30)15-4-3-5-17-16(15)9-14-10-24-18(20(14)25(17)12-27)7-6-13(11-26)21(24)28/h2-7,12,14,19-20,26H,1,8-11H2,(H,29,30). The topological polar surface area (TPSA) is 126 Å². The molecule has 1 aromatic carbocycles. The SMILES string of the molecule is C=CCOC(=O)C(C(=O)O)c1cccc2c1CC1Cn3c(ccc(CO)c3=O)C1N2C=O. The number of carbonyl (C=O) groups is 3. The van der Waals surface area contributed by atoms with Crippen molar-refractivity contribution in [1.29, 1.82) is 0 Å². The Balaban J connectivity index is 1.81. The second kappa shape index (κ2) is 8.43. The van der Waals surface area contributed by atoms with E-state index in [1.54, 1.807) is 34.9 Å². The Morgan fingerprint density at radius 2 is 2.06 bits per heavy atom. The van der Waals surface area contributed by atoms with Crippen LogP contribution in [0.1, 0.15) is 34.3 Å². The molecular formula is C23H22N2O7. The van der Waals surface area contributed by atoms with Crippen LogP contribution in [0.3, 0.4) is 0 Å². The van der Waals surface area contributed by atoms with Gasteiger partial charge in [-0.3, -0.25) is 19.2 Å². The molecule has 3 atom stereocenters. The molecule has 0 bridgehead atoms. The smallest absolute Gasteiger partial charge is 0.325 e. The Morgan fingerprint density at radius 1 is 1.28 bits per heavy atom. The van der Waals surface area contributed by atoms with Crippen LogP contribution in [0.5, 0.6) is 0 Å². The summed E-state index contributed by atoms with van der Waals surface area (Å²) in [5.74, 6) is -4.02. The van der Waals surface area contributed by atoms with Gasteiger partial charge in [0.1, 0.15) is 6.61 Å². The summed E-state index contributed by atoms with van der Waals surface area (Å²) in [6, 6.07) is 7.72. The lowest BCUT2D eigenvalue weighted by Gasteiger charge is -2.37. The number of nitrogens with zero attached hydrogens (tertiary/aromatic N) is 2. The summed E-state index contributed by atoms with van der Waals surface area (Å²) in [4.78, 5) is 50.8. The van der Waals surface area contributed by atoms with Crippen LogP contribution in [-0.4, -0.2) is 39.7 Å². The van der Waals surface area contributed by atoms with Gasteiger partial charge < -0.3 is 24.4 Å². The maximum absolute atomic E-state index is 12.7. The number of carbonyl (C=O) groups excluding carboxylic acids is 2. The number of pyridine rings is 1. The largest absolute Gasteiger partial charge is 0.480 e. The average molecular weight is 438 g/mol. The van der Waals surface area contributed by atoms with E-state index in [0.29, 0.717) is 36.3 Å². The number of hydrogen-bond donors (Lipinski definition) is 2. The number of aromatic nitrogens is 1. The number of carboxylic acids is 1. The molecular weight excluding hydrogens is 416 g/mol. The number of hydrogen-bond acceptors (Lipinski definition) is 6.